The molecule has 2 aromatic carbocycles. The zero-order valence-corrected chi connectivity index (χ0v) is 16.2. The van der Waals surface area contributed by atoms with Crippen molar-refractivity contribution in [3.8, 4) is 0 Å². The minimum atomic E-state index is -0.760. The molecule has 1 aliphatic heterocycles. The first-order valence-corrected chi connectivity index (χ1v) is 9.33. The molecule has 1 N–H and O–H groups in total. The van der Waals surface area contributed by atoms with Gasteiger partial charge in [-0.25, -0.2) is 0 Å². The lowest BCUT2D eigenvalue weighted by molar-refractivity contribution is -0.132. The third kappa shape index (κ3) is 3.10. The molecular weight excluding hydrogens is 364 g/mol. The van der Waals surface area contributed by atoms with Crippen LogP contribution in [0.4, 0.5) is 5.69 Å². The first-order valence-electron chi connectivity index (χ1n) is 9.33. The van der Waals surface area contributed by atoms with E-state index < -0.39 is 17.7 Å². The predicted molar refractivity (Wildman–Crippen MR) is 111 cm³/mol. The number of Topliss-reactive ketones (excluding diaryl/α,β-unsaturated/α-hetero) is 1. The molecule has 0 radical (unpaired) electrons. The molecule has 1 aromatic heterocycles. The van der Waals surface area contributed by atoms with E-state index in [4.69, 9.17) is 0 Å². The Labute approximate surface area is 169 Å². The minimum absolute atomic E-state index is 0.0649. The fourth-order valence-electron chi connectivity index (χ4n) is 3.68. The number of amides is 1. The highest BCUT2D eigenvalue weighted by atomic mass is 16.3. The Hall–Kier alpha value is -3.73. The number of benzene rings is 2. The maximum Gasteiger partial charge on any atom is 0.300 e. The van der Waals surface area contributed by atoms with Crippen LogP contribution in [0.15, 0.2) is 78.6 Å². The van der Waals surface area contributed by atoms with E-state index in [-0.39, 0.29) is 11.3 Å². The first-order chi connectivity index (χ1) is 14.0. The van der Waals surface area contributed by atoms with E-state index >= 15 is 0 Å². The maximum absolute atomic E-state index is 13.1. The number of carbonyl (C=O) groups excluding carboxylic acids is 2. The second-order valence-corrected chi connectivity index (χ2v) is 7.04. The molecule has 3 aromatic rings. The van der Waals surface area contributed by atoms with Gasteiger partial charge in [0.1, 0.15) is 5.76 Å². The largest absolute Gasteiger partial charge is 0.507 e. The third-order valence-corrected chi connectivity index (χ3v) is 5.33. The molecule has 5 heteroatoms. The topological polar surface area (TPSA) is 70.5 Å². The fraction of sp³-hybridized carbons (Fsp3) is 0.125. The standard InChI is InChI=1S/C24H20N2O3/c1-15-8-6-12-19(16(15)2)26-21(18-11-7-13-25-14-18)20(23(28)24(26)29)22(27)17-9-4-3-5-10-17/h3-14,21,27H,1-2H3/b22-20+. The highest BCUT2D eigenvalue weighted by Gasteiger charge is 2.47. The van der Waals surface area contributed by atoms with Crippen LogP contribution in [0.25, 0.3) is 5.76 Å². The van der Waals surface area contributed by atoms with Gasteiger partial charge in [-0.2, -0.15) is 0 Å². The summed E-state index contributed by atoms with van der Waals surface area (Å²) in [7, 11) is 0. The summed E-state index contributed by atoms with van der Waals surface area (Å²) in [5.41, 5.74) is 3.77. The van der Waals surface area contributed by atoms with E-state index in [0.717, 1.165) is 11.1 Å². The average molecular weight is 384 g/mol. The van der Waals surface area contributed by atoms with Crippen molar-refractivity contribution in [2.24, 2.45) is 0 Å². The van der Waals surface area contributed by atoms with E-state index in [2.05, 4.69) is 4.98 Å². The normalized spacial score (nSPS) is 18.3. The number of carbonyl (C=O) groups is 2. The Bertz CT molecular complexity index is 1120. The monoisotopic (exact) mass is 384 g/mol. The summed E-state index contributed by atoms with van der Waals surface area (Å²) in [6.45, 7) is 3.87. The fourth-order valence-corrected chi connectivity index (χ4v) is 3.68. The number of aryl methyl sites for hydroxylation is 1. The molecule has 1 amide bonds. The highest BCUT2D eigenvalue weighted by molar-refractivity contribution is 6.51. The molecule has 0 spiro atoms. The van der Waals surface area contributed by atoms with Gasteiger partial charge in [-0.15, -0.1) is 0 Å². The zero-order valence-electron chi connectivity index (χ0n) is 16.2. The van der Waals surface area contributed by atoms with Crippen LogP contribution in [0.3, 0.4) is 0 Å². The number of aromatic nitrogens is 1. The van der Waals surface area contributed by atoms with Crippen molar-refractivity contribution in [1.29, 1.82) is 0 Å². The van der Waals surface area contributed by atoms with Crippen LogP contribution in [0.5, 0.6) is 0 Å². The predicted octanol–water partition coefficient (Wildman–Crippen LogP) is 4.32. The molecule has 0 saturated carbocycles. The molecule has 0 bridgehead atoms. The molecule has 2 heterocycles. The number of ketones is 1. The summed E-state index contributed by atoms with van der Waals surface area (Å²) < 4.78 is 0. The Balaban J connectivity index is 1.98. The van der Waals surface area contributed by atoms with Crippen molar-refractivity contribution < 1.29 is 14.7 Å². The van der Waals surface area contributed by atoms with Gasteiger partial charge in [-0.1, -0.05) is 48.5 Å². The maximum atomic E-state index is 13.1. The number of nitrogens with zero attached hydrogens (tertiary/aromatic N) is 2. The Morgan fingerprint density at radius 2 is 1.72 bits per heavy atom. The van der Waals surface area contributed by atoms with Crippen molar-refractivity contribution >= 4 is 23.1 Å². The highest BCUT2D eigenvalue weighted by Crippen LogP contribution is 2.43. The lowest BCUT2D eigenvalue weighted by Gasteiger charge is -2.27. The van der Waals surface area contributed by atoms with E-state index in [1.807, 2.05) is 38.1 Å². The van der Waals surface area contributed by atoms with Crippen LogP contribution in [0.2, 0.25) is 0 Å². The van der Waals surface area contributed by atoms with Crippen molar-refractivity contribution in [3.05, 3.63) is 101 Å². The van der Waals surface area contributed by atoms with Gasteiger partial charge in [0.05, 0.1) is 11.6 Å². The zero-order chi connectivity index (χ0) is 20.5. The van der Waals surface area contributed by atoms with Crippen LogP contribution in [-0.2, 0) is 9.59 Å². The molecule has 0 aliphatic carbocycles. The van der Waals surface area contributed by atoms with Crippen molar-refractivity contribution in [1.82, 2.24) is 4.98 Å². The number of rotatable bonds is 3. The number of aliphatic hydroxyl groups excluding tert-OH is 1. The average Bonchev–Trinajstić information content (AvgIpc) is 3.01. The van der Waals surface area contributed by atoms with Gasteiger partial charge in [-0.05, 0) is 42.7 Å². The van der Waals surface area contributed by atoms with Crippen LogP contribution in [0.1, 0.15) is 28.3 Å². The van der Waals surface area contributed by atoms with Crippen LogP contribution < -0.4 is 4.90 Å². The quantitative estimate of drug-likeness (QED) is 0.415. The van der Waals surface area contributed by atoms with Crippen molar-refractivity contribution in [2.75, 3.05) is 4.90 Å². The van der Waals surface area contributed by atoms with Gasteiger partial charge >= 0.3 is 0 Å². The lowest BCUT2D eigenvalue weighted by atomic mass is 9.95. The summed E-state index contributed by atoms with van der Waals surface area (Å²) in [6.07, 6.45) is 3.25. The van der Waals surface area contributed by atoms with Crippen LogP contribution in [-0.4, -0.2) is 21.8 Å². The van der Waals surface area contributed by atoms with Crippen molar-refractivity contribution in [3.63, 3.8) is 0 Å². The number of hydrogen-bond acceptors (Lipinski definition) is 4. The van der Waals surface area contributed by atoms with Crippen LogP contribution >= 0.6 is 0 Å². The van der Waals surface area contributed by atoms with E-state index in [1.165, 1.54) is 4.90 Å². The minimum Gasteiger partial charge on any atom is -0.507 e. The van der Waals surface area contributed by atoms with Gasteiger partial charge in [0.2, 0.25) is 0 Å². The molecule has 1 atom stereocenters. The number of pyridine rings is 1. The molecule has 1 saturated heterocycles. The van der Waals surface area contributed by atoms with E-state index in [0.29, 0.717) is 16.8 Å². The van der Waals surface area contributed by atoms with E-state index in [9.17, 15) is 14.7 Å². The first kappa shape index (κ1) is 18.6. The molecule has 5 nitrogen and oxygen atoms in total. The number of anilines is 1. The van der Waals surface area contributed by atoms with Gasteiger partial charge in [0.15, 0.2) is 0 Å². The second kappa shape index (κ2) is 7.36. The smallest absolute Gasteiger partial charge is 0.300 e. The van der Waals surface area contributed by atoms with Crippen LogP contribution in [0, 0.1) is 13.8 Å². The molecule has 4 rings (SSSR count). The molecule has 1 aliphatic rings. The molecule has 1 unspecified atom stereocenters. The number of hydrogen-bond donors (Lipinski definition) is 1. The summed E-state index contributed by atoms with van der Waals surface area (Å²) in [6, 6.07) is 17.2. The summed E-state index contributed by atoms with van der Waals surface area (Å²) >= 11 is 0. The summed E-state index contributed by atoms with van der Waals surface area (Å²) in [5.74, 6) is -1.56. The second-order valence-electron chi connectivity index (χ2n) is 7.04. The lowest BCUT2D eigenvalue weighted by Crippen LogP contribution is -2.30. The summed E-state index contributed by atoms with van der Waals surface area (Å²) in [5, 5.41) is 11.0. The SMILES string of the molecule is Cc1cccc(N2C(=O)C(=O)/C(=C(/O)c3ccccc3)C2c2cccnc2)c1C. The van der Waals surface area contributed by atoms with E-state index in [1.54, 1.807) is 48.8 Å². The Morgan fingerprint density at radius 3 is 2.41 bits per heavy atom. The van der Waals surface area contributed by atoms with Gasteiger partial charge in [-0.3, -0.25) is 19.5 Å². The van der Waals surface area contributed by atoms with Crippen molar-refractivity contribution in [2.45, 2.75) is 19.9 Å². The van der Waals surface area contributed by atoms with Gasteiger partial charge in [0.25, 0.3) is 11.7 Å². The molecule has 29 heavy (non-hydrogen) atoms. The molecule has 1 fully saturated rings. The Kier molecular flexibility index (Phi) is 4.72. The third-order valence-electron chi connectivity index (χ3n) is 5.33. The summed E-state index contributed by atoms with van der Waals surface area (Å²) in [4.78, 5) is 31.8. The van der Waals surface area contributed by atoms with Gasteiger partial charge < -0.3 is 5.11 Å². The molecule has 144 valence electrons. The van der Waals surface area contributed by atoms with Gasteiger partial charge in [0, 0.05) is 23.6 Å². The number of aliphatic hydroxyl groups is 1. The Morgan fingerprint density at radius 1 is 0.966 bits per heavy atom. The molecular formula is C24H20N2O3.